The smallest absolute Gasteiger partial charge is 0.328 e. The van der Waals surface area contributed by atoms with E-state index in [9.17, 15) is 19.5 Å². The lowest BCUT2D eigenvalue weighted by atomic mass is 9.83. The Labute approximate surface area is 171 Å². The van der Waals surface area contributed by atoms with Gasteiger partial charge < -0.3 is 20.1 Å². The molecular formula is C22H30N2O5. The highest BCUT2D eigenvalue weighted by atomic mass is 16.5. The summed E-state index contributed by atoms with van der Waals surface area (Å²) in [6.07, 6.45) is 6.43. The molecule has 29 heavy (non-hydrogen) atoms. The van der Waals surface area contributed by atoms with Crippen LogP contribution in [0.25, 0.3) is 0 Å². The third-order valence-electron chi connectivity index (χ3n) is 5.99. The first-order chi connectivity index (χ1) is 14.0. The number of ether oxygens (including phenoxy) is 1. The number of carbonyl (C=O) groups excluding carboxylic acids is 3. The van der Waals surface area contributed by atoms with Crippen LogP contribution in [0.3, 0.4) is 0 Å². The number of phenolic OH excluding ortho intramolecular Hbond substituents is 1. The summed E-state index contributed by atoms with van der Waals surface area (Å²) in [7, 11) is 1.33. The van der Waals surface area contributed by atoms with Gasteiger partial charge in [-0.15, -0.1) is 0 Å². The molecule has 1 heterocycles. The molecule has 1 saturated heterocycles. The second-order valence-corrected chi connectivity index (χ2v) is 8.00. The number of nitrogens with one attached hydrogen (secondary N) is 1. The molecule has 2 atom stereocenters. The summed E-state index contributed by atoms with van der Waals surface area (Å²) in [6.45, 7) is 0.504. The summed E-state index contributed by atoms with van der Waals surface area (Å²) in [5.41, 5.74) is 0.686. The van der Waals surface area contributed by atoms with Gasteiger partial charge in [-0.25, -0.2) is 4.79 Å². The molecule has 3 rings (SSSR count). The number of aromatic hydroxyl groups is 1. The van der Waals surface area contributed by atoms with Crippen molar-refractivity contribution in [1.29, 1.82) is 0 Å². The SMILES string of the molecule is COC(=O)C1CCCN1C(=O)C(NC(=O)Cc1cccc(O)c1)C1CCCCC1. The Morgan fingerprint density at radius 2 is 1.93 bits per heavy atom. The van der Waals surface area contributed by atoms with Gasteiger partial charge in [0, 0.05) is 6.54 Å². The van der Waals surface area contributed by atoms with E-state index in [1.807, 2.05) is 0 Å². The number of hydrogen-bond acceptors (Lipinski definition) is 5. The number of likely N-dealkylation sites (tertiary alicyclic amines) is 1. The number of amides is 2. The maximum absolute atomic E-state index is 13.4. The minimum atomic E-state index is -0.634. The molecule has 7 nitrogen and oxygen atoms in total. The molecule has 2 fully saturated rings. The number of carbonyl (C=O) groups is 3. The highest BCUT2D eigenvalue weighted by Gasteiger charge is 2.41. The van der Waals surface area contributed by atoms with Crippen LogP contribution in [0.1, 0.15) is 50.5 Å². The van der Waals surface area contributed by atoms with Gasteiger partial charge in [0.1, 0.15) is 17.8 Å². The summed E-state index contributed by atoms with van der Waals surface area (Å²) in [5.74, 6) is -0.664. The Morgan fingerprint density at radius 1 is 1.17 bits per heavy atom. The average molecular weight is 402 g/mol. The van der Waals surface area contributed by atoms with E-state index in [0.717, 1.165) is 38.5 Å². The van der Waals surface area contributed by atoms with Crippen molar-refractivity contribution in [1.82, 2.24) is 10.2 Å². The van der Waals surface area contributed by atoms with Crippen LogP contribution in [0.2, 0.25) is 0 Å². The second kappa shape index (κ2) is 9.76. The number of nitrogens with zero attached hydrogens (tertiary/aromatic N) is 1. The summed E-state index contributed by atoms with van der Waals surface area (Å²) in [5, 5.41) is 12.6. The summed E-state index contributed by atoms with van der Waals surface area (Å²) in [4.78, 5) is 39.8. The molecule has 7 heteroatoms. The highest BCUT2D eigenvalue weighted by molar-refractivity contribution is 5.91. The fourth-order valence-corrected chi connectivity index (χ4v) is 4.52. The maximum Gasteiger partial charge on any atom is 0.328 e. The lowest BCUT2D eigenvalue weighted by molar-refractivity contribution is -0.152. The summed E-state index contributed by atoms with van der Waals surface area (Å²) >= 11 is 0. The third kappa shape index (κ3) is 5.28. The van der Waals surface area contributed by atoms with Crippen LogP contribution in [0.15, 0.2) is 24.3 Å². The summed E-state index contributed by atoms with van der Waals surface area (Å²) < 4.78 is 4.87. The standard InChI is InChI=1S/C22H30N2O5/c1-29-22(28)18-11-6-12-24(18)21(27)20(16-8-3-2-4-9-16)23-19(26)14-15-7-5-10-17(25)13-15/h5,7,10,13,16,18,20,25H,2-4,6,8-9,11-12,14H2,1H3,(H,23,26). The maximum atomic E-state index is 13.4. The van der Waals surface area contributed by atoms with Crippen LogP contribution >= 0.6 is 0 Å². The second-order valence-electron chi connectivity index (χ2n) is 8.00. The average Bonchev–Trinajstić information content (AvgIpc) is 3.21. The van der Waals surface area contributed by atoms with E-state index in [0.29, 0.717) is 18.5 Å². The van der Waals surface area contributed by atoms with E-state index in [1.165, 1.54) is 7.11 Å². The molecule has 0 aromatic heterocycles. The lowest BCUT2D eigenvalue weighted by Gasteiger charge is -2.34. The van der Waals surface area contributed by atoms with Gasteiger partial charge in [-0.05, 0) is 49.3 Å². The molecule has 2 aliphatic rings. The highest BCUT2D eigenvalue weighted by Crippen LogP contribution is 2.29. The molecule has 1 aromatic rings. The van der Waals surface area contributed by atoms with Gasteiger partial charge in [-0.3, -0.25) is 9.59 Å². The monoisotopic (exact) mass is 402 g/mol. The van der Waals surface area contributed by atoms with E-state index in [4.69, 9.17) is 4.74 Å². The Hall–Kier alpha value is -2.57. The van der Waals surface area contributed by atoms with Crippen molar-refractivity contribution in [3.63, 3.8) is 0 Å². The minimum Gasteiger partial charge on any atom is -0.508 e. The quantitative estimate of drug-likeness (QED) is 0.711. The van der Waals surface area contributed by atoms with Crippen LogP contribution in [-0.4, -0.2) is 53.5 Å². The Kier molecular flexibility index (Phi) is 7.12. The fraction of sp³-hybridized carbons (Fsp3) is 0.591. The van der Waals surface area contributed by atoms with Crippen molar-refractivity contribution in [2.24, 2.45) is 5.92 Å². The van der Waals surface area contributed by atoms with Crippen LogP contribution in [0.5, 0.6) is 5.75 Å². The number of hydrogen-bond donors (Lipinski definition) is 2. The summed E-state index contributed by atoms with van der Waals surface area (Å²) in [6, 6.07) is 5.35. The molecule has 2 N–H and O–H groups in total. The normalized spacial score (nSPS) is 20.9. The lowest BCUT2D eigenvalue weighted by Crippen LogP contribution is -2.55. The van der Waals surface area contributed by atoms with Crippen molar-refractivity contribution in [2.45, 2.75) is 63.5 Å². The largest absolute Gasteiger partial charge is 0.508 e. The van der Waals surface area contributed by atoms with Crippen molar-refractivity contribution >= 4 is 17.8 Å². The van der Waals surface area contributed by atoms with Crippen molar-refractivity contribution in [3.05, 3.63) is 29.8 Å². The topological polar surface area (TPSA) is 95.9 Å². The van der Waals surface area contributed by atoms with E-state index in [-0.39, 0.29) is 29.9 Å². The van der Waals surface area contributed by atoms with Gasteiger partial charge in [0.05, 0.1) is 13.5 Å². The van der Waals surface area contributed by atoms with E-state index >= 15 is 0 Å². The van der Waals surface area contributed by atoms with Crippen molar-refractivity contribution in [3.8, 4) is 5.75 Å². The number of phenols is 1. The van der Waals surface area contributed by atoms with Gasteiger partial charge in [-0.2, -0.15) is 0 Å². The molecule has 1 saturated carbocycles. The molecule has 2 unspecified atom stereocenters. The van der Waals surface area contributed by atoms with Crippen LogP contribution in [0, 0.1) is 5.92 Å². The predicted molar refractivity (Wildman–Crippen MR) is 107 cm³/mol. The fourth-order valence-electron chi connectivity index (χ4n) is 4.52. The van der Waals surface area contributed by atoms with Crippen LogP contribution in [-0.2, 0) is 25.5 Å². The predicted octanol–water partition coefficient (Wildman–Crippen LogP) is 2.16. The Morgan fingerprint density at radius 3 is 2.62 bits per heavy atom. The molecule has 0 spiro atoms. The van der Waals surface area contributed by atoms with Crippen LogP contribution < -0.4 is 5.32 Å². The Balaban J connectivity index is 1.74. The van der Waals surface area contributed by atoms with E-state index in [2.05, 4.69) is 5.32 Å². The van der Waals surface area contributed by atoms with Gasteiger partial charge >= 0.3 is 5.97 Å². The van der Waals surface area contributed by atoms with Gasteiger partial charge in [-0.1, -0.05) is 31.4 Å². The van der Waals surface area contributed by atoms with Gasteiger partial charge in [0.15, 0.2) is 0 Å². The zero-order valence-electron chi connectivity index (χ0n) is 16.9. The van der Waals surface area contributed by atoms with Gasteiger partial charge in [0.2, 0.25) is 11.8 Å². The first-order valence-electron chi connectivity index (χ1n) is 10.4. The number of benzene rings is 1. The Bertz CT molecular complexity index is 744. The molecule has 1 aliphatic carbocycles. The first kappa shape index (κ1) is 21.1. The molecule has 1 aliphatic heterocycles. The molecular weight excluding hydrogens is 372 g/mol. The number of methoxy groups -OCH3 is 1. The zero-order valence-corrected chi connectivity index (χ0v) is 16.9. The molecule has 158 valence electrons. The minimum absolute atomic E-state index is 0.0725. The van der Waals surface area contributed by atoms with Crippen molar-refractivity contribution < 1.29 is 24.2 Å². The van der Waals surface area contributed by atoms with E-state index < -0.39 is 18.1 Å². The first-order valence-corrected chi connectivity index (χ1v) is 10.4. The third-order valence-corrected chi connectivity index (χ3v) is 5.99. The van der Waals surface area contributed by atoms with Crippen molar-refractivity contribution in [2.75, 3.05) is 13.7 Å². The van der Waals surface area contributed by atoms with Gasteiger partial charge in [0.25, 0.3) is 0 Å². The zero-order chi connectivity index (χ0) is 20.8. The number of rotatable bonds is 6. The number of esters is 1. The molecule has 1 aromatic carbocycles. The molecule has 2 amide bonds. The van der Waals surface area contributed by atoms with Crippen LogP contribution in [0.4, 0.5) is 0 Å². The molecule has 0 bridgehead atoms. The van der Waals surface area contributed by atoms with E-state index in [1.54, 1.807) is 29.2 Å². The molecule has 0 radical (unpaired) electrons.